The number of rotatable bonds is 3. The van der Waals surface area contributed by atoms with Gasteiger partial charge in [0.1, 0.15) is 24.0 Å². The first kappa shape index (κ1) is 14.7. The van der Waals surface area contributed by atoms with E-state index in [1.54, 1.807) is 6.07 Å². The molecular formula is C12H16N2O6. The smallest absolute Gasteiger partial charge is 0.292 e. The van der Waals surface area contributed by atoms with E-state index in [0.29, 0.717) is 0 Å². The highest BCUT2D eigenvalue weighted by molar-refractivity contribution is 5.61. The zero-order valence-corrected chi connectivity index (χ0v) is 10.7. The van der Waals surface area contributed by atoms with Crippen molar-refractivity contribution in [2.75, 3.05) is 5.32 Å². The van der Waals surface area contributed by atoms with Gasteiger partial charge in [0.2, 0.25) is 0 Å². The second kappa shape index (κ2) is 5.71. The molecule has 1 fully saturated rings. The molecule has 1 aromatic rings. The quantitative estimate of drug-likeness (QED) is 0.448. The minimum Gasteiger partial charge on any atom is -0.388 e. The maximum absolute atomic E-state index is 10.9. The van der Waals surface area contributed by atoms with Gasteiger partial charge >= 0.3 is 0 Å². The van der Waals surface area contributed by atoms with Gasteiger partial charge in [-0.1, -0.05) is 12.1 Å². The second-order valence-electron chi connectivity index (χ2n) is 4.65. The van der Waals surface area contributed by atoms with Gasteiger partial charge in [-0.25, -0.2) is 0 Å². The Kier molecular flexibility index (Phi) is 4.19. The number of anilines is 1. The van der Waals surface area contributed by atoms with Gasteiger partial charge in [-0.3, -0.25) is 10.1 Å². The number of aliphatic hydroxyl groups excluding tert-OH is 3. The number of nitro benzene ring substituents is 1. The Morgan fingerprint density at radius 3 is 2.50 bits per heavy atom. The van der Waals surface area contributed by atoms with Crippen molar-refractivity contribution in [1.29, 1.82) is 0 Å². The van der Waals surface area contributed by atoms with Crippen LogP contribution in [0.1, 0.15) is 6.92 Å². The van der Waals surface area contributed by atoms with Gasteiger partial charge in [0.05, 0.1) is 11.0 Å². The zero-order valence-electron chi connectivity index (χ0n) is 10.7. The molecule has 20 heavy (non-hydrogen) atoms. The third kappa shape index (κ3) is 2.73. The van der Waals surface area contributed by atoms with Gasteiger partial charge in [0.25, 0.3) is 5.69 Å². The summed E-state index contributed by atoms with van der Waals surface area (Å²) in [6.07, 6.45) is -5.77. The third-order valence-electron chi connectivity index (χ3n) is 3.25. The van der Waals surface area contributed by atoms with Crippen LogP contribution in [-0.2, 0) is 4.74 Å². The largest absolute Gasteiger partial charge is 0.388 e. The van der Waals surface area contributed by atoms with Crippen LogP contribution in [0.2, 0.25) is 0 Å². The van der Waals surface area contributed by atoms with Crippen molar-refractivity contribution in [1.82, 2.24) is 0 Å². The number of benzene rings is 1. The normalized spacial score (nSPS) is 33.7. The first-order valence-corrected chi connectivity index (χ1v) is 6.11. The van der Waals surface area contributed by atoms with Gasteiger partial charge in [0, 0.05) is 6.07 Å². The summed E-state index contributed by atoms with van der Waals surface area (Å²) in [5.74, 6) is 0. The average Bonchev–Trinajstić information content (AvgIpc) is 2.43. The van der Waals surface area contributed by atoms with E-state index >= 15 is 0 Å². The molecule has 0 aliphatic carbocycles. The Morgan fingerprint density at radius 2 is 1.85 bits per heavy atom. The van der Waals surface area contributed by atoms with Crippen LogP contribution >= 0.6 is 0 Å². The first-order valence-electron chi connectivity index (χ1n) is 6.11. The molecule has 0 saturated carbocycles. The summed E-state index contributed by atoms with van der Waals surface area (Å²) in [5, 5.41) is 42.7. The van der Waals surface area contributed by atoms with Crippen LogP contribution < -0.4 is 5.32 Å². The summed E-state index contributed by atoms with van der Waals surface area (Å²) in [7, 11) is 0. The molecule has 0 amide bonds. The lowest BCUT2D eigenvalue weighted by atomic mass is 9.99. The van der Waals surface area contributed by atoms with E-state index in [1.165, 1.54) is 25.1 Å². The van der Waals surface area contributed by atoms with Crippen LogP contribution in [0.3, 0.4) is 0 Å². The summed E-state index contributed by atoms with van der Waals surface area (Å²) in [6, 6.07) is 5.89. The average molecular weight is 284 g/mol. The minimum atomic E-state index is -1.40. The van der Waals surface area contributed by atoms with E-state index in [9.17, 15) is 25.4 Å². The van der Waals surface area contributed by atoms with Crippen LogP contribution in [0.5, 0.6) is 0 Å². The molecule has 0 bridgehead atoms. The maximum atomic E-state index is 10.9. The molecular weight excluding hydrogens is 268 g/mol. The predicted octanol–water partition coefficient (Wildman–Crippen LogP) is -0.166. The third-order valence-corrected chi connectivity index (χ3v) is 3.25. The van der Waals surface area contributed by atoms with Crippen LogP contribution in [0.25, 0.3) is 0 Å². The van der Waals surface area contributed by atoms with Gasteiger partial charge in [-0.2, -0.15) is 0 Å². The van der Waals surface area contributed by atoms with Crippen LogP contribution in [0.4, 0.5) is 11.4 Å². The summed E-state index contributed by atoms with van der Waals surface area (Å²) in [4.78, 5) is 10.3. The Hall–Kier alpha value is -1.74. The number of nitrogens with zero attached hydrogens (tertiary/aromatic N) is 1. The summed E-state index contributed by atoms with van der Waals surface area (Å²) >= 11 is 0. The fourth-order valence-corrected chi connectivity index (χ4v) is 2.08. The summed E-state index contributed by atoms with van der Waals surface area (Å²) in [6.45, 7) is 1.54. The molecule has 2 rings (SSSR count). The van der Waals surface area contributed by atoms with Crippen molar-refractivity contribution in [3.63, 3.8) is 0 Å². The summed E-state index contributed by atoms with van der Waals surface area (Å²) in [5.41, 5.74) is -0.00564. The van der Waals surface area contributed by atoms with Crippen LogP contribution in [-0.4, -0.2) is 50.9 Å². The van der Waals surface area contributed by atoms with Crippen molar-refractivity contribution in [3.05, 3.63) is 34.4 Å². The minimum absolute atomic E-state index is 0.164. The Bertz CT molecular complexity index is 497. The highest BCUT2D eigenvalue weighted by atomic mass is 16.6. The second-order valence-corrected chi connectivity index (χ2v) is 4.65. The molecule has 1 heterocycles. The highest BCUT2D eigenvalue weighted by Gasteiger charge is 2.42. The summed E-state index contributed by atoms with van der Waals surface area (Å²) < 4.78 is 5.33. The first-order chi connectivity index (χ1) is 9.41. The topological polar surface area (TPSA) is 125 Å². The zero-order chi connectivity index (χ0) is 14.9. The van der Waals surface area contributed by atoms with E-state index in [2.05, 4.69) is 5.32 Å². The molecule has 0 spiro atoms. The van der Waals surface area contributed by atoms with Crippen LogP contribution in [0, 0.1) is 10.1 Å². The fourth-order valence-electron chi connectivity index (χ4n) is 2.08. The molecule has 1 aliphatic rings. The molecule has 110 valence electrons. The van der Waals surface area contributed by atoms with E-state index in [1.807, 2.05) is 0 Å². The molecule has 0 unspecified atom stereocenters. The standard InChI is InChI=1S/C12H16N2O6/c1-6-9(15)10(16)11(17)12(20-6)13-7-4-2-3-5-8(7)14(18)19/h2-6,9-13,15-17H,1H3/t6-,9+,10+,11+,12-/m1/s1. The molecule has 8 heteroatoms. The molecule has 0 aromatic heterocycles. The highest BCUT2D eigenvalue weighted by Crippen LogP contribution is 2.27. The molecule has 8 nitrogen and oxygen atoms in total. The number of nitrogens with one attached hydrogen (secondary N) is 1. The molecule has 4 N–H and O–H groups in total. The number of ether oxygens (including phenoxy) is 1. The van der Waals surface area contributed by atoms with Gasteiger partial charge in [-0.15, -0.1) is 0 Å². The Labute approximate surface area is 114 Å². The van der Waals surface area contributed by atoms with Crippen molar-refractivity contribution >= 4 is 11.4 Å². The lowest BCUT2D eigenvalue weighted by molar-refractivity contribution is -0.384. The maximum Gasteiger partial charge on any atom is 0.292 e. The van der Waals surface area contributed by atoms with Gasteiger partial charge in [-0.05, 0) is 13.0 Å². The van der Waals surface area contributed by atoms with Crippen molar-refractivity contribution in [2.24, 2.45) is 0 Å². The Morgan fingerprint density at radius 1 is 1.20 bits per heavy atom. The van der Waals surface area contributed by atoms with Crippen molar-refractivity contribution in [3.8, 4) is 0 Å². The number of hydrogen-bond acceptors (Lipinski definition) is 7. The number of hydrogen-bond donors (Lipinski definition) is 4. The monoisotopic (exact) mass is 284 g/mol. The molecule has 1 aliphatic heterocycles. The van der Waals surface area contributed by atoms with E-state index < -0.39 is 35.6 Å². The van der Waals surface area contributed by atoms with E-state index in [4.69, 9.17) is 4.74 Å². The number of aliphatic hydroxyl groups is 3. The lowest BCUT2D eigenvalue weighted by Gasteiger charge is -2.39. The molecule has 1 saturated heterocycles. The van der Waals surface area contributed by atoms with E-state index in [-0.39, 0.29) is 11.4 Å². The van der Waals surface area contributed by atoms with Gasteiger partial charge < -0.3 is 25.4 Å². The Balaban J connectivity index is 2.20. The fraction of sp³-hybridized carbons (Fsp3) is 0.500. The van der Waals surface area contributed by atoms with Crippen molar-refractivity contribution < 1.29 is 25.0 Å². The SMILES string of the molecule is C[C@H]1O[C@@H](Nc2ccccc2[N+](=O)[O-])[C@@H](O)[C@@H](O)[C@H]1O. The predicted molar refractivity (Wildman–Crippen MR) is 69.1 cm³/mol. The van der Waals surface area contributed by atoms with Crippen molar-refractivity contribution in [2.45, 2.75) is 37.6 Å². The lowest BCUT2D eigenvalue weighted by Crippen LogP contribution is -2.58. The molecule has 5 atom stereocenters. The van der Waals surface area contributed by atoms with Crippen LogP contribution in [0.15, 0.2) is 24.3 Å². The van der Waals surface area contributed by atoms with Gasteiger partial charge in [0.15, 0.2) is 6.23 Å². The van der Waals surface area contributed by atoms with E-state index in [0.717, 1.165) is 0 Å². The number of nitro groups is 1. The number of para-hydroxylation sites is 2. The molecule has 1 aromatic carbocycles. The molecule has 0 radical (unpaired) electrons.